The minimum Gasteiger partial charge on any atom is -0.378 e. The Kier molecular flexibility index (Phi) is 6.29. The van der Waals surface area contributed by atoms with E-state index in [2.05, 4.69) is 10.2 Å². The van der Waals surface area contributed by atoms with Crippen LogP contribution in [0.1, 0.15) is 24.5 Å². The molecule has 2 aromatic rings. The largest absolute Gasteiger partial charge is 0.378 e. The molecule has 1 amide bonds. The highest BCUT2D eigenvalue weighted by Gasteiger charge is 2.36. The molecule has 140 valence electrons. The molecule has 0 N–H and O–H groups in total. The number of nitrogens with zero attached hydrogens (tertiary/aromatic N) is 4. The molecule has 2 aromatic carbocycles. The Bertz CT molecular complexity index is 831. The zero-order chi connectivity index (χ0) is 19.2. The van der Waals surface area contributed by atoms with Gasteiger partial charge in [0.05, 0.1) is 18.0 Å². The van der Waals surface area contributed by atoms with Crippen molar-refractivity contribution < 1.29 is 4.79 Å². The summed E-state index contributed by atoms with van der Waals surface area (Å²) in [6, 6.07) is 18.0. The lowest BCUT2D eigenvalue weighted by atomic mass is 10.2. The third kappa shape index (κ3) is 4.77. The smallest absolute Gasteiger partial charge is 0.242 e. The fourth-order valence-electron chi connectivity index (χ4n) is 2.76. The van der Waals surface area contributed by atoms with Gasteiger partial charge in [-0.15, -0.1) is 5.10 Å². The van der Waals surface area contributed by atoms with Crippen LogP contribution in [-0.4, -0.2) is 41.5 Å². The first kappa shape index (κ1) is 19.2. The number of hydrogen-bond acceptors (Lipinski definition) is 5. The molecule has 6 heteroatoms. The third-order valence-corrected chi connectivity index (χ3v) is 5.67. The summed E-state index contributed by atoms with van der Waals surface area (Å²) in [4.78, 5) is 16.4. The minimum absolute atomic E-state index is 0.0814. The molecule has 0 saturated carbocycles. The van der Waals surface area contributed by atoms with Gasteiger partial charge in [-0.05, 0) is 29.7 Å². The third-order valence-electron chi connectivity index (χ3n) is 4.33. The second-order valence-electron chi connectivity index (χ2n) is 6.54. The standard InChI is InChI=1S/C21H24N4OS/c1-4-19-20(26)25(15-17-8-6-5-7-9-17)21(27-19)23-22-14-16-10-12-18(13-11-16)24(2)3/h5-14,19H,4,15H2,1-3H3/b22-14-,23-21+/t19-/m0/s1. The van der Waals surface area contributed by atoms with Crippen molar-refractivity contribution in [3.63, 3.8) is 0 Å². The van der Waals surface area contributed by atoms with Crippen molar-refractivity contribution in [2.24, 2.45) is 10.2 Å². The normalized spacial score (nSPS) is 18.6. The Labute approximate surface area is 164 Å². The molecule has 0 radical (unpaired) electrons. The molecule has 1 atom stereocenters. The van der Waals surface area contributed by atoms with Crippen LogP contribution in [0.15, 0.2) is 64.8 Å². The highest BCUT2D eigenvalue weighted by atomic mass is 32.2. The molecular weight excluding hydrogens is 356 g/mol. The Hall–Kier alpha value is -2.60. The lowest BCUT2D eigenvalue weighted by Crippen LogP contribution is -2.31. The summed E-state index contributed by atoms with van der Waals surface area (Å²) in [5, 5.41) is 9.16. The van der Waals surface area contributed by atoms with Gasteiger partial charge in [-0.1, -0.05) is 61.2 Å². The van der Waals surface area contributed by atoms with Crippen LogP contribution < -0.4 is 4.90 Å². The number of carbonyl (C=O) groups is 1. The lowest BCUT2D eigenvalue weighted by molar-refractivity contribution is -0.126. The van der Waals surface area contributed by atoms with Crippen LogP contribution in [-0.2, 0) is 11.3 Å². The summed E-state index contributed by atoms with van der Waals surface area (Å²) >= 11 is 1.49. The molecule has 0 aliphatic carbocycles. The summed E-state index contributed by atoms with van der Waals surface area (Å²) in [7, 11) is 4.02. The molecule has 0 bridgehead atoms. The second-order valence-corrected chi connectivity index (χ2v) is 7.71. The van der Waals surface area contributed by atoms with E-state index in [0.717, 1.165) is 23.2 Å². The molecule has 1 aliphatic rings. The maximum Gasteiger partial charge on any atom is 0.242 e. The van der Waals surface area contributed by atoms with Crippen molar-refractivity contribution in [3.8, 4) is 0 Å². The predicted octanol–water partition coefficient (Wildman–Crippen LogP) is 4.00. The topological polar surface area (TPSA) is 48.3 Å². The minimum atomic E-state index is -0.0814. The van der Waals surface area contributed by atoms with Crippen molar-refractivity contribution in [3.05, 3.63) is 65.7 Å². The first-order valence-electron chi connectivity index (χ1n) is 8.99. The second kappa shape index (κ2) is 8.86. The van der Waals surface area contributed by atoms with Gasteiger partial charge in [-0.25, -0.2) is 0 Å². The van der Waals surface area contributed by atoms with Gasteiger partial charge < -0.3 is 4.90 Å². The Morgan fingerprint density at radius 2 is 1.81 bits per heavy atom. The fourth-order valence-corrected chi connectivity index (χ4v) is 3.79. The monoisotopic (exact) mass is 380 g/mol. The summed E-state index contributed by atoms with van der Waals surface area (Å²) in [6.45, 7) is 2.55. The average molecular weight is 381 g/mol. The van der Waals surface area contributed by atoms with E-state index in [0.29, 0.717) is 11.7 Å². The number of thioether (sulfide) groups is 1. The molecule has 3 rings (SSSR count). The molecule has 1 heterocycles. The average Bonchev–Trinajstić information content (AvgIpc) is 2.98. The first-order valence-corrected chi connectivity index (χ1v) is 9.87. The summed E-state index contributed by atoms with van der Waals surface area (Å²) in [5.41, 5.74) is 3.19. The molecule has 5 nitrogen and oxygen atoms in total. The highest BCUT2D eigenvalue weighted by molar-refractivity contribution is 8.15. The van der Waals surface area contributed by atoms with Gasteiger partial charge in [0.15, 0.2) is 5.17 Å². The molecule has 0 spiro atoms. The van der Waals surface area contributed by atoms with Gasteiger partial charge in [0.2, 0.25) is 5.91 Å². The van der Waals surface area contributed by atoms with Crippen molar-refractivity contribution in [1.29, 1.82) is 0 Å². The van der Waals surface area contributed by atoms with Gasteiger partial charge in [-0.3, -0.25) is 9.69 Å². The number of hydrogen-bond donors (Lipinski definition) is 0. The molecule has 27 heavy (non-hydrogen) atoms. The van der Waals surface area contributed by atoms with Crippen LogP contribution in [0.3, 0.4) is 0 Å². The molecule has 0 unspecified atom stereocenters. The van der Waals surface area contributed by atoms with Crippen molar-refractivity contribution in [2.75, 3.05) is 19.0 Å². The number of carbonyl (C=O) groups excluding carboxylic acids is 1. The van der Waals surface area contributed by atoms with Crippen LogP contribution in [0, 0.1) is 0 Å². The van der Waals surface area contributed by atoms with Crippen LogP contribution in [0.5, 0.6) is 0 Å². The number of amides is 1. The zero-order valence-corrected chi connectivity index (χ0v) is 16.7. The summed E-state index contributed by atoms with van der Waals surface area (Å²) in [6.07, 6.45) is 2.50. The summed E-state index contributed by atoms with van der Waals surface area (Å²) < 4.78 is 0. The van der Waals surface area contributed by atoms with Crippen molar-refractivity contribution >= 4 is 34.7 Å². The quantitative estimate of drug-likeness (QED) is 0.562. The van der Waals surface area contributed by atoms with Gasteiger partial charge >= 0.3 is 0 Å². The zero-order valence-electron chi connectivity index (χ0n) is 15.9. The van der Waals surface area contributed by atoms with Crippen molar-refractivity contribution in [1.82, 2.24) is 4.90 Å². The van der Waals surface area contributed by atoms with Crippen LogP contribution in [0.4, 0.5) is 5.69 Å². The number of anilines is 1. The molecule has 1 aliphatic heterocycles. The van der Waals surface area contributed by atoms with Gasteiger partial charge in [0.1, 0.15) is 0 Å². The highest BCUT2D eigenvalue weighted by Crippen LogP contribution is 2.30. The fraction of sp³-hybridized carbons (Fsp3) is 0.286. The summed E-state index contributed by atoms with van der Waals surface area (Å²) in [5.74, 6) is 0.107. The number of benzene rings is 2. The van der Waals surface area contributed by atoms with E-state index in [1.165, 1.54) is 11.8 Å². The Balaban J connectivity index is 1.76. The van der Waals surface area contributed by atoms with E-state index in [1.54, 1.807) is 11.1 Å². The Morgan fingerprint density at radius 3 is 2.44 bits per heavy atom. The van der Waals surface area contributed by atoms with Gasteiger partial charge in [-0.2, -0.15) is 5.10 Å². The van der Waals surface area contributed by atoms with Crippen LogP contribution >= 0.6 is 11.8 Å². The van der Waals surface area contributed by atoms with E-state index in [1.807, 2.05) is 80.5 Å². The van der Waals surface area contributed by atoms with Crippen LogP contribution in [0.2, 0.25) is 0 Å². The van der Waals surface area contributed by atoms with Gasteiger partial charge in [0, 0.05) is 19.8 Å². The van der Waals surface area contributed by atoms with E-state index >= 15 is 0 Å². The van der Waals surface area contributed by atoms with Crippen molar-refractivity contribution in [2.45, 2.75) is 25.1 Å². The van der Waals surface area contributed by atoms with Gasteiger partial charge in [0.25, 0.3) is 0 Å². The molecule has 0 aromatic heterocycles. The van der Waals surface area contributed by atoms with E-state index < -0.39 is 0 Å². The predicted molar refractivity (Wildman–Crippen MR) is 114 cm³/mol. The molecule has 1 fully saturated rings. The van der Waals surface area contributed by atoms with E-state index in [9.17, 15) is 4.79 Å². The maximum absolute atomic E-state index is 12.7. The first-order chi connectivity index (χ1) is 13.1. The van der Waals surface area contributed by atoms with E-state index in [-0.39, 0.29) is 11.2 Å². The molecular formula is C21H24N4OS. The SMILES string of the molecule is CC[C@@H]1S/C(=N/N=C\c2ccc(N(C)C)cc2)N(Cc2ccccc2)C1=O. The number of amidine groups is 1. The van der Waals surface area contributed by atoms with E-state index in [4.69, 9.17) is 0 Å². The molecule has 1 saturated heterocycles. The lowest BCUT2D eigenvalue weighted by Gasteiger charge is -2.15. The Morgan fingerprint density at radius 1 is 1.11 bits per heavy atom. The van der Waals surface area contributed by atoms with Crippen LogP contribution in [0.25, 0.3) is 0 Å². The maximum atomic E-state index is 12.7. The number of rotatable bonds is 6.